The van der Waals surface area contributed by atoms with Gasteiger partial charge in [-0.3, -0.25) is 9.52 Å². The number of hydrogen-bond donors (Lipinski definition) is 2. The van der Waals surface area contributed by atoms with Gasteiger partial charge in [-0.1, -0.05) is 17.7 Å². The largest absolute Gasteiger partial charge is 0.366 e. The summed E-state index contributed by atoms with van der Waals surface area (Å²) in [6, 6.07) is 10.5. The van der Waals surface area contributed by atoms with E-state index < -0.39 is 15.9 Å². The smallest absolute Gasteiger partial charge is 0.249 e. The fraction of sp³-hybridized carbons (Fsp3) is 0.235. The molecule has 0 aromatic heterocycles. The number of carbonyl (C=O) groups is 1. The van der Waals surface area contributed by atoms with Crippen LogP contribution in [0.5, 0.6) is 0 Å². The fourth-order valence-electron chi connectivity index (χ4n) is 3.26. The Morgan fingerprint density at radius 2 is 1.96 bits per heavy atom. The van der Waals surface area contributed by atoms with Crippen molar-refractivity contribution in [3.63, 3.8) is 0 Å². The molecular weight excluding hydrogens is 348 g/mol. The first-order valence-corrected chi connectivity index (χ1v) is 9.71. The number of hydrogen-bond acceptors (Lipinski definition) is 3. The molecule has 0 saturated carbocycles. The summed E-state index contributed by atoms with van der Waals surface area (Å²) in [7, 11) is -3.40. The van der Waals surface area contributed by atoms with E-state index in [0.717, 1.165) is 35.8 Å². The van der Waals surface area contributed by atoms with E-state index in [1.165, 1.54) is 0 Å². The first kappa shape index (κ1) is 16.8. The SMILES string of the molecule is CS(=O)(=O)Nc1ccc(C(N)=O)c(C2CCc3cc(Cl)ccc32)c1. The first-order valence-electron chi connectivity index (χ1n) is 7.44. The van der Waals surface area contributed by atoms with E-state index in [9.17, 15) is 13.2 Å². The maximum Gasteiger partial charge on any atom is 0.249 e. The molecule has 1 aliphatic carbocycles. The van der Waals surface area contributed by atoms with E-state index in [2.05, 4.69) is 4.72 Å². The van der Waals surface area contributed by atoms with Crippen LogP contribution in [0.15, 0.2) is 36.4 Å². The number of aryl methyl sites for hydroxylation is 1. The number of halogens is 1. The number of nitrogens with one attached hydrogen (secondary N) is 1. The molecule has 0 spiro atoms. The Morgan fingerprint density at radius 3 is 2.62 bits per heavy atom. The van der Waals surface area contributed by atoms with Crippen LogP contribution in [0.25, 0.3) is 0 Å². The van der Waals surface area contributed by atoms with E-state index in [-0.39, 0.29) is 5.92 Å². The Labute approximate surface area is 145 Å². The van der Waals surface area contributed by atoms with Gasteiger partial charge in [0, 0.05) is 22.2 Å². The van der Waals surface area contributed by atoms with Crippen LogP contribution in [0.1, 0.15) is 39.4 Å². The Hall–Kier alpha value is -2.05. The van der Waals surface area contributed by atoms with Crippen LogP contribution >= 0.6 is 11.6 Å². The second-order valence-corrected chi connectivity index (χ2v) is 8.16. The summed E-state index contributed by atoms with van der Waals surface area (Å²) in [5.74, 6) is -0.542. The average molecular weight is 365 g/mol. The predicted octanol–water partition coefficient (Wildman–Crippen LogP) is 2.89. The molecule has 1 aliphatic rings. The molecule has 0 radical (unpaired) electrons. The number of carbonyl (C=O) groups excluding carboxylic acids is 1. The molecule has 5 nitrogen and oxygen atoms in total. The highest BCUT2D eigenvalue weighted by Gasteiger charge is 2.27. The minimum Gasteiger partial charge on any atom is -0.366 e. The van der Waals surface area contributed by atoms with E-state index >= 15 is 0 Å². The molecule has 0 saturated heterocycles. The highest BCUT2D eigenvalue weighted by molar-refractivity contribution is 7.92. The molecule has 2 aromatic carbocycles. The van der Waals surface area contributed by atoms with Gasteiger partial charge in [0.1, 0.15) is 0 Å². The lowest BCUT2D eigenvalue weighted by Gasteiger charge is -2.17. The zero-order chi connectivity index (χ0) is 17.5. The molecule has 2 aromatic rings. The topological polar surface area (TPSA) is 89.3 Å². The van der Waals surface area contributed by atoms with Gasteiger partial charge in [0.25, 0.3) is 0 Å². The van der Waals surface area contributed by atoms with Gasteiger partial charge in [-0.15, -0.1) is 0 Å². The number of anilines is 1. The zero-order valence-electron chi connectivity index (χ0n) is 13.0. The van der Waals surface area contributed by atoms with Gasteiger partial charge in [0.05, 0.1) is 6.26 Å². The van der Waals surface area contributed by atoms with E-state index in [0.29, 0.717) is 16.3 Å². The minimum atomic E-state index is -3.40. The fourth-order valence-corrected chi connectivity index (χ4v) is 4.01. The van der Waals surface area contributed by atoms with Gasteiger partial charge in [0.15, 0.2) is 0 Å². The third-order valence-electron chi connectivity index (χ3n) is 4.18. The summed E-state index contributed by atoms with van der Waals surface area (Å²) >= 11 is 6.05. The summed E-state index contributed by atoms with van der Waals surface area (Å²) in [5, 5.41) is 0.678. The van der Waals surface area contributed by atoms with Crippen LogP contribution in [0.3, 0.4) is 0 Å². The standard InChI is InChI=1S/C17H17ClN2O3S/c1-24(22,23)20-12-4-7-15(17(19)21)16(9-12)14-5-2-10-8-11(18)3-6-13(10)14/h3-4,6-9,14,20H,2,5H2,1H3,(H2,19,21). The van der Waals surface area contributed by atoms with Crippen LogP contribution in [0.4, 0.5) is 5.69 Å². The quantitative estimate of drug-likeness (QED) is 0.874. The minimum absolute atomic E-state index is 0.0129. The van der Waals surface area contributed by atoms with Crippen LogP contribution in [0.2, 0.25) is 5.02 Å². The van der Waals surface area contributed by atoms with Crippen LogP contribution in [-0.4, -0.2) is 20.6 Å². The zero-order valence-corrected chi connectivity index (χ0v) is 14.6. The number of benzene rings is 2. The van der Waals surface area contributed by atoms with Gasteiger partial charge < -0.3 is 5.73 Å². The van der Waals surface area contributed by atoms with Crippen molar-refractivity contribution in [2.24, 2.45) is 5.73 Å². The van der Waals surface area contributed by atoms with Crippen molar-refractivity contribution in [2.45, 2.75) is 18.8 Å². The Morgan fingerprint density at radius 1 is 1.21 bits per heavy atom. The third-order valence-corrected chi connectivity index (χ3v) is 5.02. The molecule has 0 bridgehead atoms. The number of rotatable bonds is 4. The highest BCUT2D eigenvalue weighted by atomic mass is 35.5. The lowest BCUT2D eigenvalue weighted by Crippen LogP contribution is -2.17. The molecule has 0 fully saturated rings. The van der Waals surface area contributed by atoms with E-state index in [1.807, 2.05) is 18.2 Å². The van der Waals surface area contributed by atoms with Crippen molar-refractivity contribution < 1.29 is 13.2 Å². The van der Waals surface area contributed by atoms with Crippen LogP contribution in [-0.2, 0) is 16.4 Å². The second-order valence-electron chi connectivity index (χ2n) is 5.97. The van der Waals surface area contributed by atoms with Gasteiger partial charge in [-0.05, 0) is 59.9 Å². The third kappa shape index (κ3) is 3.39. The summed E-state index contributed by atoms with van der Waals surface area (Å²) in [6.07, 6.45) is 2.75. The Bertz CT molecular complexity index is 925. The number of fused-ring (bicyclic) bond motifs is 1. The number of sulfonamides is 1. The van der Waals surface area contributed by atoms with Crippen molar-refractivity contribution >= 4 is 33.2 Å². The molecular formula is C17H17ClN2O3S. The molecule has 126 valence electrons. The average Bonchev–Trinajstić information content (AvgIpc) is 2.87. The van der Waals surface area contributed by atoms with Crippen molar-refractivity contribution in [1.29, 1.82) is 0 Å². The molecule has 1 unspecified atom stereocenters. The number of nitrogens with two attached hydrogens (primary N) is 1. The Kier molecular flexibility index (Phi) is 4.27. The summed E-state index contributed by atoms with van der Waals surface area (Å²) < 4.78 is 25.4. The maximum atomic E-state index is 11.8. The molecule has 7 heteroatoms. The van der Waals surface area contributed by atoms with Gasteiger partial charge in [0.2, 0.25) is 15.9 Å². The van der Waals surface area contributed by atoms with E-state index in [1.54, 1.807) is 18.2 Å². The molecule has 0 heterocycles. The number of primary amides is 1. The molecule has 24 heavy (non-hydrogen) atoms. The predicted molar refractivity (Wildman–Crippen MR) is 95.0 cm³/mol. The molecule has 3 N–H and O–H groups in total. The molecule has 1 amide bonds. The summed E-state index contributed by atoms with van der Waals surface area (Å²) in [6.45, 7) is 0. The number of amides is 1. The van der Waals surface area contributed by atoms with Crippen molar-refractivity contribution in [2.75, 3.05) is 11.0 Å². The molecule has 0 aliphatic heterocycles. The van der Waals surface area contributed by atoms with Crippen molar-refractivity contribution in [1.82, 2.24) is 0 Å². The lowest BCUT2D eigenvalue weighted by molar-refractivity contribution is 0.0999. The molecule has 3 rings (SSSR count). The van der Waals surface area contributed by atoms with Gasteiger partial charge in [-0.2, -0.15) is 0 Å². The lowest BCUT2D eigenvalue weighted by atomic mass is 9.89. The van der Waals surface area contributed by atoms with Crippen molar-refractivity contribution in [3.05, 3.63) is 63.7 Å². The molecule has 1 atom stereocenters. The summed E-state index contributed by atoms with van der Waals surface area (Å²) in [4.78, 5) is 11.8. The maximum absolute atomic E-state index is 11.8. The first-order chi connectivity index (χ1) is 11.2. The van der Waals surface area contributed by atoms with Gasteiger partial charge in [-0.25, -0.2) is 8.42 Å². The monoisotopic (exact) mass is 364 g/mol. The van der Waals surface area contributed by atoms with Gasteiger partial charge >= 0.3 is 0 Å². The van der Waals surface area contributed by atoms with Crippen molar-refractivity contribution in [3.8, 4) is 0 Å². The summed E-state index contributed by atoms with van der Waals surface area (Å²) in [5.41, 5.74) is 9.30. The highest BCUT2D eigenvalue weighted by Crippen LogP contribution is 2.41. The van der Waals surface area contributed by atoms with Crippen LogP contribution in [0, 0.1) is 0 Å². The van der Waals surface area contributed by atoms with E-state index in [4.69, 9.17) is 17.3 Å². The normalized spacial score (nSPS) is 16.7. The Balaban J connectivity index is 2.10. The van der Waals surface area contributed by atoms with Crippen LogP contribution < -0.4 is 10.5 Å². The second kappa shape index (κ2) is 6.11.